The van der Waals surface area contributed by atoms with Gasteiger partial charge in [0.25, 0.3) is 0 Å². The minimum absolute atomic E-state index is 0.0917. The summed E-state index contributed by atoms with van der Waals surface area (Å²) < 4.78 is 7.50. The standard InChI is InChI=1S/C18H18N4O2S/c1-22-13-19-21-18(22)25-12-17(23)20-15-7-9-16(10-8-15)24-11-14-5-3-2-4-6-14/h2-10,13H,11-12H2,1H3,(H,20,23). The number of anilines is 1. The Balaban J connectivity index is 1.47. The van der Waals surface area contributed by atoms with Crippen LogP contribution in [0.1, 0.15) is 5.56 Å². The number of amides is 1. The van der Waals surface area contributed by atoms with E-state index in [2.05, 4.69) is 15.5 Å². The van der Waals surface area contributed by atoms with Crippen LogP contribution in [-0.4, -0.2) is 26.4 Å². The van der Waals surface area contributed by atoms with Gasteiger partial charge in [-0.25, -0.2) is 0 Å². The highest BCUT2D eigenvalue weighted by molar-refractivity contribution is 7.99. The first kappa shape index (κ1) is 17.0. The topological polar surface area (TPSA) is 69.0 Å². The second-order valence-corrected chi connectivity index (χ2v) is 6.30. The van der Waals surface area contributed by atoms with Crippen LogP contribution in [0.15, 0.2) is 66.1 Å². The molecule has 6 nitrogen and oxygen atoms in total. The fourth-order valence-corrected chi connectivity index (χ4v) is 2.79. The van der Waals surface area contributed by atoms with Crippen molar-refractivity contribution in [2.24, 2.45) is 7.05 Å². The van der Waals surface area contributed by atoms with Gasteiger partial charge in [-0.3, -0.25) is 4.79 Å². The van der Waals surface area contributed by atoms with E-state index in [-0.39, 0.29) is 11.7 Å². The SMILES string of the molecule is Cn1cnnc1SCC(=O)Nc1ccc(OCc2ccccc2)cc1. The molecule has 0 bridgehead atoms. The third-order valence-electron chi connectivity index (χ3n) is 3.39. The van der Waals surface area contributed by atoms with Crippen molar-refractivity contribution in [3.63, 3.8) is 0 Å². The van der Waals surface area contributed by atoms with Gasteiger partial charge in [-0.15, -0.1) is 10.2 Å². The molecule has 0 atom stereocenters. The number of carbonyl (C=O) groups is 1. The number of carbonyl (C=O) groups excluding carboxylic acids is 1. The summed E-state index contributed by atoms with van der Waals surface area (Å²) in [7, 11) is 1.84. The Hall–Kier alpha value is -2.80. The molecule has 7 heteroatoms. The van der Waals surface area contributed by atoms with Gasteiger partial charge in [0.2, 0.25) is 5.91 Å². The van der Waals surface area contributed by atoms with Crippen LogP contribution in [0.4, 0.5) is 5.69 Å². The molecule has 0 spiro atoms. The molecule has 0 saturated carbocycles. The Bertz CT molecular complexity index is 819. The average molecular weight is 354 g/mol. The summed E-state index contributed by atoms with van der Waals surface area (Å²) in [6.07, 6.45) is 1.61. The summed E-state index contributed by atoms with van der Waals surface area (Å²) in [5.41, 5.74) is 1.84. The van der Waals surface area contributed by atoms with Crippen molar-refractivity contribution >= 4 is 23.4 Å². The molecule has 0 aliphatic heterocycles. The van der Waals surface area contributed by atoms with Gasteiger partial charge in [-0.05, 0) is 29.8 Å². The fourth-order valence-electron chi connectivity index (χ4n) is 2.11. The van der Waals surface area contributed by atoms with Crippen molar-refractivity contribution < 1.29 is 9.53 Å². The molecule has 1 N–H and O–H groups in total. The van der Waals surface area contributed by atoms with Gasteiger partial charge in [-0.1, -0.05) is 42.1 Å². The average Bonchev–Trinajstić information content (AvgIpc) is 3.05. The van der Waals surface area contributed by atoms with E-state index in [9.17, 15) is 4.79 Å². The first-order valence-corrected chi connectivity index (χ1v) is 8.73. The van der Waals surface area contributed by atoms with Gasteiger partial charge in [0.15, 0.2) is 5.16 Å². The van der Waals surface area contributed by atoms with Crippen molar-refractivity contribution in [2.75, 3.05) is 11.1 Å². The monoisotopic (exact) mass is 354 g/mol. The smallest absolute Gasteiger partial charge is 0.234 e. The molecule has 1 aromatic heterocycles. The van der Waals surface area contributed by atoms with Gasteiger partial charge in [-0.2, -0.15) is 0 Å². The van der Waals surface area contributed by atoms with Crippen LogP contribution in [0.2, 0.25) is 0 Å². The van der Waals surface area contributed by atoms with Gasteiger partial charge < -0.3 is 14.6 Å². The van der Waals surface area contributed by atoms with E-state index < -0.39 is 0 Å². The molecule has 0 aliphatic rings. The number of aromatic nitrogens is 3. The van der Waals surface area contributed by atoms with Crippen molar-refractivity contribution in [1.29, 1.82) is 0 Å². The number of aryl methyl sites for hydroxylation is 1. The van der Waals surface area contributed by atoms with Crippen LogP contribution in [-0.2, 0) is 18.4 Å². The number of benzene rings is 2. The van der Waals surface area contributed by atoms with Crippen LogP contribution >= 0.6 is 11.8 Å². The first-order chi connectivity index (χ1) is 12.2. The highest BCUT2D eigenvalue weighted by Crippen LogP contribution is 2.18. The zero-order valence-corrected chi connectivity index (χ0v) is 14.6. The molecule has 0 fully saturated rings. The van der Waals surface area contributed by atoms with E-state index in [4.69, 9.17) is 4.74 Å². The Morgan fingerprint density at radius 2 is 1.92 bits per heavy atom. The quantitative estimate of drug-likeness (QED) is 0.660. The molecule has 3 rings (SSSR count). The molecule has 1 amide bonds. The maximum Gasteiger partial charge on any atom is 0.234 e. The third-order valence-corrected chi connectivity index (χ3v) is 4.42. The van der Waals surface area contributed by atoms with Crippen LogP contribution in [0.3, 0.4) is 0 Å². The molecule has 1 heterocycles. The molecule has 2 aromatic carbocycles. The summed E-state index contributed by atoms with van der Waals surface area (Å²) in [5.74, 6) is 0.944. The molecule has 25 heavy (non-hydrogen) atoms. The molecular weight excluding hydrogens is 336 g/mol. The van der Waals surface area contributed by atoms with Crippen molar-refractivity contribution in [3.05, 3.63) is 66.5 Å². The Kier molecular flexibility index (Phi) is 5.69. The minimum atomic E-state index is -0.0917. The van der Waals surface area contributed by atoms with E-state index in [1.54, 1.807) is 10.9 Å². The highest BCUT2D eigenvalue weighted by Gasteiger charge is 2.07. The van der Waals surface area contributed by atoms with E-state index in [1.165, 1.54) is 11.8 Å². The first-order valence-electron chi connectivity index (χ1n) is 7.74. The van der Waals surface area contributed by atoms with E-state index >= 15 is 0 Å². The lowest BCUT2D eigenvalue weighted by molar-refractivity contribution is -0.113. The van der Waals surface area contributed by atoms with E-state index in [0.717, 1.165) is 17.0 Å². The normalized spacial score (nSPS) is 10.4. The van der Waals surface area contributed by atoms with E-state index in [1.807, 2.05) is 61.6 Å². The number of thioether (sulfide) groups is 1. The van der Waals surface area contributed by atoms with E-state index in [0.29, 0.717) is 11.8 Å². The number of nitrogens with one attached hydrogen (secondary N) is 1. The lowest BCUT2D eigenvalue weighted by Gasteiger charge is -2.08. The second-order valence-electron chi connectivity index (χ2n) is 5.36. The second kappa shape index (κ2) is 8.34. The van der Waals surface area contributed by atoms with Crippen molar-refractivity contribution in [3.8, 4) is 5.75 Å². The van der Waals surface area contributed by atoms with Gasteiger partial charge in [0, 0.05) is 12.7 Å². The predicted molar refractivity (Wildman–Crippen MR) is 97.6 cm³/mol. The van der Waals surface area contributed by atoms with Crippen LogP contribution in [0, 0.1) is 0 Å². The minimum Gasteiger partial charge on any atom is -0.489 e. The molecule has 128 valence electrons. The predicted octanol–water partition coefficient (Wildman–Crippen LogP) is 3.12. The third kappa shape index (κ3) is 5.09. The molecular formula is C18H18N4O2S. The van der Waals surface area contributed by atoms with Gasteiger partial charge >= 0.3 is 0 Å². The summed E-state index contributed by atoms with van der Waals surface area (Å²) in [5, 5.41) is 11.3. The molecule has 0 unspecified atom stereocenters. The zero-order valence-electron chi connectivity index (χ0n) is 13.8. The summed E-state index contributed by atoms with van der Waals surface area (Å²) in [4.78, 5) is 12.0. The largest absolute Gasteiger partial charge is 0.489 e. The maximum absolute atomic E-state index is 12.0. The van der Waals surface area contributed by atoms with Gasteiger partial charge in [0.05, 0.1) is 5.75 Å². The Morgan fingerprint density at radius 3 is 2.60 bits per heavy atom. The number of nitrogens with zero attached hydrogens (tertiary/aromatic N) is 3. The molecule has 3 aromatic rings. The van der Waals surface area contributed by atoms with Crippen LogP contribution in [0.5, 0.6) is 5.75 Å². The van der Waals surface area contributed by atoms with Crippen LogP contribution in [0.25, 0.3) is 0 Å². The highest BCUT2D eigenvalue weighted by atomic mass is 32.2. The van der Waals surface area contributed by atoms with Crippen molar-refractivity contribution in [2.45, 2.75) is 11.8 Å². The molecule has 0 aliphatic carbocycles. The summed E-state index contributed by atoms with van der Waals surface area (Å²) in [6.45, 7) is 0.515. The Morgan fingerprint density at radius 1 is 1.16 bits per heavy atom. The molecule has 0 radical (unpaired) electrons. The van der Waals surface area contributed by atoms with Crippen molar-refractivity contribution in [1.82, 2.24) is 14.8 Å². The number of ether oxygens (including phenoxy) is 1. The van der Waals surface area contributed by atoms with Gasteiger partial charge in [0.1, 0.15) is 18.7 Å². The fraction of sp³-hybridized carbons (Fsp3) is 0.167. The number of hydrogen-bond donors (Lipinski definition) is 1. The lowest BCUT2D eigenvalue weighted by atomic mass is 10.2. The summed E-state index contributed by atoms with van der Waals surface area (Å²) >= 11 is 1.34. The number of hydrogen-bond acceptors (Lipinski definition) is 5. The molecule has 0 saturated heterocycles. The lowest BCUT2D eigenvalue weighted by Crippen LogP contribution is -2.14. The maximum atomic E-state index is 12.0. The number of rotatable bonds is 7. The summed E-state index contributed by atoms with van der Waals surface area (Å²) in [6, 6.07) is 17.3. The van der Waals surface area contributed by atoms with Crippen LogP contribution < -0.4 is 10.1 Å². The Labute approximate surface area is 150 Å². The zero-order chi connectivity index (χ0) is 17.5.